The van der Waals surface area contributed by atoms with Gasteiger partial charge in [-0.05, 0) is 24.3 Å². The van der Waals surface area contributed by atoms with Gasteiger partial charge in [0.05, 0.1) is 6.04 Å². The van der Waals surface area contributed by atoms with E-state index in [2.05, 4.69) is 10.6 Å². The molecule has 0 unspecified atom stereocenters. The van der Waals surface area contributed by atoms with Crippen LogP contribution in [0.25, 0.3) is 0 Å². The molecule has 2 amide bonds. The first kappa shape index (κ1) is 20.9. The molecular weight excluding hydrogens is 346 g/mol. The van der Waals surface area contributed by atoms with Gasteiger partial charge in [0.1, 0.15) is 12.1 Å². The maximum Gasteiger partial charge on any atom is 0.320 e. The first-order chi connectivity index (χ1) is 12.8. The van der Waals surface area contributed by atoms with Crippen LogP contribution in [0.4, 0.5) is 0 Å². The molecule has 1 heterocycles. The highest BCUT2D eigenvalue weighted by Crippen LogP contribution is 2.25. The van der Waals surface area contributed by atoms with Gasteiger partial charge in [-0.2, -0.15) is 0 Å². The van der Waals surface area contributed by atoms with Crippen molar-refractivity contribution in [1.82, 2.24) is 15.5 Å². The summed E-state index contributed by atoms with van der Waals surface area (Å²) in [5, 5.41) is 15.2. The van der Waals surface area contributed by atoms with E-state index in [1.165, 1.54) is 0 Å². The Bertz CT molecular complexity index is 662. The Hall–Kier alpha value is -2.41. The molecular formula is C20H29N3O4. The summed E-state index contributed by atoms with van der Waals surface area (Å²) in [5.41, 5.74) is 0.747. The van der Waals surface area contributed by atoms with Crippen LogP contribution in [0.5, 0.6) is 0 Å². The molecule has 0 spiro atoms. The average Bonchev–Trinajstić information content (AvgIpc) is 2.64. The van der Waals surface area contributed by atoms with Crippen molar-refractivity contribution in [2.24, 2.45) is 5.92 Å². The fourth-order valence-corrected chi connectivity index (χ4v) is 3.39. The van der Waals surface area contributed by atoms with Gasteiger partial charge in [0.2, 0.25) is 11.8 Å². The van der Waals surface area contributed by atoms with Crippen LogP contribution in [0, 0.1) is 5.92 Å². The van der Waals surface area contributed by atoms with Crippen LogP contribution in [-0.4, -0.2) is 53.0 Å². The monoisotopic (exact) mass is 375 g/mol. The third-order valence-corrected chi connectivity index (χ3v) is 4.72. The molecule has 2 rings (SSSR count). The number of aliphatic carboxylic acids is 1. The molecule has 7 heteroatoms. The van der Waals surface area contributed by atoms with Crippen molar-refractivity contribution < 1.29 is 19.5 Å². The van der Waals surface area contributed by atoms with Gasteiger partial charge in [-0.15, -0.1) is 0 Å². The van der Waals surface area contributed by atoms with Gasteiger partial charge in [0.15, 0.2) is 0 Å². The number of nitrogens with zero attached hydrogens (tertiary/aromatic N) is 1. The largest absolute Gasteiger partial charge is 0.480 e. The molecule has 1 aromatic rings. The summed E-state index contributed by atoms with van der Waals surface area (Å²) >= 11 is 0. The van der Waals surface area contributed by atoms with Gasteiger partial charge in [0, 0.05) is 13.1 Å². The molecule has 27 heavy (non-hydrogen) atoms. The van der Waals surface area contributed by atoms with Gasteiger partial charge >= 0.3 is 5.97 Å². The molecule has 1 fully saturated rings. The number of piperazine rings is 1. The van der Waals surface area contributed by atoms with Crippen molar-refractivity contribution in [3.05, 3.63) is 35.9 Å². The maximum absolute atomic E-state index is 13.3. The Morgan fingerprint density at radius 1 is 1.26 bits per heavy atom. The third kappa shape index (κ3) is 5.29. The second-order valence-electron chi connectivity index (χ2n) is 7.28. The van der Waals surface area contributed by atoms with Crippen LogP contribution in [0.1, 0.15) is 45.2 Å². The van der Waals surface area contributed by atoms with E-state index in [9.17, 15) is 19.5 Å². The van der Waals surface area contributed by atoms with Crippen molar-refractivity contribution in [1.29, 1.82) is 0 Å². The lowest BCUT2D eigenvalue weighted by molar-refractivity contribution is -0.146. The molecule has 0 bridgehead atoms. The highest BCUT2D eigenvalue weighted by atomic mass is 16.4. The quantitative estimate of drug-likeness (QED) is 0.640. The van der Waals surface area contributed by atoms with Gasteiger partial charge in [-0.3, -0.25) is 19.7 Å². The minimum atomic E-state index is -0.977. The fourth-order valence-electron chi connectivity index (χ4n) is 3.39. The van der Waals surface area contributed by atoms with Crippen LogP contribution in [0.2, 0.25) is 0 Å². The van der Waals surface area contributed by atoms with E-state index in [1.54, 1.807) is 11.8 Å². The number of carbonyl (C=O) groups excluding carboxylic acids is 2. The van der Waals surface area contributed by atoms with Crippen molar-refractivity contribution in [3.63, 3.8) is 0 Å². The van der Waals surface area contributed by atoms with E-state index in [-0.39, 0.29) is 17.7 Å². The maximum atomic E-state index is 13.3. The van der Waals surface area contributed by atoms with Crippen molar-refractivity contribution >= 4 is 17.8 Å². The second kappa shape index (κ2) is 9.50. The summed E-state index contributed by atoms with van der Waals surface area (Å²) in [5.74, 6) is -1.22. The van der Waals surface area contributed by atoms with E-state index in [0.29, 0.717) is 25.9 Å². The van der Waals surface area contributed by atoms with Gasteiger partial charge in [-0.1, -0.05) is 51.1 Å². The SMILES string of the molecule is CC[C@@H](N[C@@H](CC(C)C)C(=O)N1CCNC(=O)[C@@H]1c1ccccc1)C(=O)O. The first-order valence-corrected chi connectivity index (χ1v) is 9.47. The lowest BCUT2D eigenvalue weighted by Crippen LogP contribution is -2.58. The normalized spacial score (nSPS) is 19.5. The van der Waals surface area contributed by atoms with E-state index in [4.69, 9.17) is 0 Å². The number of benzene rings is 1. The minimum absolute atomic E-state index is 0.201. The predicted molar refractivity (Wildman–Crippen MR) is 102 cm³/mol. The zero-order valence-electron chi connectivity index (χ0n) is 16.1. The number of rotatable bonds is 8. The topological polar surface area (TPSA) is 98.7 Å². The number of amides is 2. The minimum Gasteiger partial charge on any atom is -0.480 e. The molecule has 0 saturated carbocycles. The van der Waals surface area contributed by atoms with E-state index < -0.39 is 24.1 Å². The summed E-state index contributed by atoms with van der Waals surface area (Å²) in [6.45, 7) is 6.52. The second-order valence-corrected chi connectivity index (χ2v) is 7.28. The Labute approximate surface area is 160 Å². The zero-order chi connectivity index (χ0) is 20.0. The van der Waals surface area contributed by atoms with Crippen molar-refractivity contribution in [2.75, 3.05) is 13.1 Å². The van der Waals surface area contributed by atoms with Crippen LogP contribution < -0.4 is 10.6 Å². The van der Waals surface area contributed by atoms with Gasteiger partial charge in [-0.25, -0.2) is 0 Å². The Kier molecular flexibility index (Phi) is 7.36. The highest BCUT2D eigenvalue weighted by Gasteiger charge is 2.38. The smallest absolute Gasteiger partial charge is 0.320 e. The predicted octanol–water partition coefficient (Wildman–Crippen LogP) is 1.55. The molecule has 0 aromatic heterocycles. The lowest BCUT2D eigenvalue weighted by Gasteiger charge is -2.38. The van der Waals surface area contributed by atoms with E-state index >= 15 is 0 Å². The molecule has 1 aliphatic rings. The molecule has 1 aromatic carbocycles. The van der Waals surface area contributed by atoms with Gasteiger partial charge in [0.25, 0.3) is 0 Å². The molecule has 1 saturated heterocycles. The number of carboxylic acids is 1. The number of carbonyl (C=O) groups is 3. The Balaban J connectivity index is 2.29. The number of nitrogens with one attached hydrogen (secondary N) is 2. The Morgan fingerprint density at radius 3 is 2.48 bits per heavy atom. The molecule has 0 radical (unpaired) electrons. The van der Waals surface area contributed by atoms with Gasteiger partial charge < -0.3 is 15.3 Å². The standard InChI is InChI=1S/C20H29N3O4/c1-4-15(20(26)27)22-16(12-13(2)3)19(25)23-11-10-21-18(24)17(23)14-8-6-5-7-9-14/h5-9,13,15-17,22H,4,10-12H2,1-3H3,(H,21,24)(H,26,27)/t15-,16+,17+/m1/s1. The summed E-state index contributed by atoms with van der Waals surface area (Å²) in [4.78, 5) is 38.9. The van der Waals surface area contributed by atoms with E-state index in [1.807, 2.05) is 44.2 Å². The molecule has 1 aliphatic heterocycles. The molecule has 3 atom stereocenters. The summed E-state index contributed by atoms with van der Waals surface area (Å²) in [6.07, 6.45) is 0.877. The highest BCUT2D eigenvalue weighted by molar-refractivity contribution is 5.92. The number of hydrogen-bond acceptors (Lipinski definition) is 4. The lowest BCUT2D eigenvalue weighted by atomic mass is 9.97. The molecule has 7 nitrogen and oxygen atoms in total. The van der Waals surface area contributed by atoms with Crippen LogP contribution in [0.3, 0.4) is 0 Å². The number of hydrogen-bond donors (Lipinski definition) is 3. The summed E-state index contributed by atoms with van der Waals surface area (Å²) in [7, 11) is 0. The third-order valence-electron chi connectivity index (χ3n) is 4.72. The van der Waals surface area contributed by atoms with Crippen molar-refractivity contribution in [2.45, 2.75) is 51.7 Å². The molecule has 148 valence electrons. The molecule has 0 aliphatic carbocycles. The number of carboxylic acid groups (broad SMARTS) is 1. The van der Waals surface area contributed by atoms with Crippen LogP contribution >= 0.6 is 0 Å². The Morgan fingerprint density at radius 2 is 1.93 bits per heavy atom. The fraction of sp³-hybridized carbons (Fsp3) is 0.550. The molecule has 3 N–H and O–H groups in total. The van der Waals surface area contributed by atoms with Crippen LogP contribution in [0.15, 0.2) is 30.3 Å². The van der Waals surface area contributed by atoms with Crippen LogP contribution in [-0.2, 0) is 14.4 Å². The average molecular weight is 375 g/mol. The summed E-state index contributed by atoms with van der Waals surface area (Å²) in [6, 6.07) is 7.03. The summed E-state index contributed by atoms with van der Waals surface area (Å²) < 4.78 is 0. The van der Waals surface area contributed by atoms with E-state index in [0.717, 1.165) is 5.56 Å². The van der Waals surface area contributed by atoms with Crippen molar-refractivity contribution in [3.8, 4) is 0 Å². The first-order valence-electron chi connectivity index (χ1n) is 9.47. The zero-order valence-corrected chi connectivity index (χ0v) is 16.1.